The maximum atomic E-state index is 12.7. The first-order chi connectivity index (χ1) is 16.0. The summed E-state index contributed by atoms with van der Waals surface area (Å²) in [5.41, 5.74) is 4.20. The monoisotopic (exact) mass is 460 g/mol. The van der Waals surface area contributed by atoms with Crippen LogP contribution in [0.25, 0.3) is 11.0 Å². The molecule has 4 rings (SSSR count). The van der Waals surface area contributed by atoms with E-state index in [4.69, 9.17) is 16.6 Å². The molecule has 4 aromatic rings. The first-order valence-corrected chi connectivity index (χ1v) is 11.2. The van der Waals surface area contributed by atoms with Crippen molar-refractivity contribution in [3.05, 3.63) is 94.8 Å². The Morgan fingerprint density at radius 3 is 2.45 bits per heavy atom. The molecule has 33 heavy (non-hydrogen) atoms. The molecule has 0 aliphatic rings. The van der Waals surface area contributed by atoms with Gasteiger partial charge in [0.15, 0.2) is 0 Å². The van der Waals surface area contributed by atoms with Crippen molar-refractivity contribution in [2.75, 3.05) is 11.9 Å². The molecule has 0 aliphatic heterocycles. The van der Waals surface area contributed by atoms with Crippen LogP contribution < -0.4 is 10.6 Å². The number of carbonyl (C=O) groups is 2. The predicted molar refractivity (Wildman–Crippen MR) is 132 cm³/mol. The SMILES string of the molecule is Cc1ccc(C(=O)NCCCc2nc3ccccc3n2CC(=O)Nc2ccc(Cl)cc2)cc1. The van der Waals surface area contributed by atoms with E-state index < -0.39 is 0 Å². The number of nitrogens with one attached hydrogen (secondary N) is 2. The Bertz CT molecular complexity index is 1260. The fraction of sp³-hybridized carbons (Fsp3) is 0.192. The van der Waals surface area contributed by atoms with E-state index in [-0.39, 0.29) is 18.4 Å². The Labute approximate surface area is 197 Å². The van der Waals surface area contributed by atoms with Crippen molar-refractivity contribution in [2.45, 2.75) is 26.3 Å². The van der Waals surface area contributed by atoms with Gasteiger partial charge in [-0.3, -0.25) is 9.59 Å². The molecule has 0 atom stereocenters. The Morgan fingerprint density at radius 2 is 1.70 bits per heavy atom. The largest absolute Gasteiger partial charge is 0.352 e. The molecule has 0 spiro atoms. The molecule has 2 N–H and O–H groups in total. The molecule has 6 nitrogen and oxygen atoms in total. The van der Waals surface area contributed by atoms with Crippen molar-refractivity contribution in [1.29, 1.82) is 0 Å². The molecule has 0 unspecified atom stereocenters. The summed E-state index contributed by atoms with van der Waals surface area (Å²) in [6, 6.07) is 22.3. The topological polar surface area (TPSA) is 76.0 Å². The maximum absolute atomic E-state index is 12.7. The molecule has 0 radical (unpaired) electrons. The molecule has 0 bridgehead atoms. The Morgan fingerprint density at radius 1 is 0.970 bits per heavy atom. The number of nitrogens with zero attached hydrogens (tertiary/aromatic N) is 2. The van der Waals surface area contributed by atoms with Crippen molar-refractivity contribution >= 4 is 40.1 Å². The minimum absolute atomic E-state index is 0.0918. The van der Waals surface area contributed by atoms with E-state index in [0.717, 1.165) is 22.4 Å². The second kappa shape index (κ2) is 10.3. The third kappa shape index (κ3) is 5.79. The molecular formula is C26H25ClN4O2. The van der Waals surface area contributed by atoms with Crippen LogP contribution in [0.2, 0.25) is 5.02 Å². The third-order valence-electron chi connectivity index (χ3n) is 5.34. The first kappa shape index (κ1) is 22.6. The van der Waals surface area contributed by atoms with Gasteiger partial charge in [-0.1, -0.05) is 41.4 Å². The molecule has 2 amide bonds. The molecule has 1 aromatic heterocycles. The van der Waals surface area contributed by atoms with E-state index >= 15 is 0 Å². The van der Waals surface area contributed by atoms with Crippen LogP contribution in [0.15, 0.2) is 72.8 Å². The van der Waals surface area contributed by atoms with Gasteiger partial charge in [-0.05, 0) is 61.9 Å². The molecule has 0 saturated heterocycles. The third-order valence-corrected chi connectivity index (χ3v) is 5.59. The molecule has 0 saturated carbocycles. The van der Waals surface area contributed by atoms with Gasteiger partial charge in [0, 0.05) is 29.2 Å². The van der Waals surface area contributed by atoms with Crippen LogP contribution in [0.1, 0.15) is 28.2 Å². The van der Waals surface area contributed by atoms with Crippen LogP contribution in [0.3, 0.4) is 0 Å². The second-order valence-electron chi connectivity index (χ2n) is 7.88. The number of para-hydroxylation sites is 2. The zero-order valence-corrected chi connectivity index (χ0v) is 19.1. The minimum atomic E-state index is -0.144. The highest BCUT2D eigenvalue weighted by atomic mass is 35.5. The maximum Gasteiger partial charge on any atom is 0.251 e. The Balaban J connectivity index is 1.40. The summed E-state index contributed by atoms with van der Waals surface area (Å²) in [6.45, 7) is 2.66. The average Bonchev–Trinajstić information content (AvgIpc) is 3.15. The number of rotatable bonds is 8. The lowest BCUT2D eigenvalue weighted by molar-refractivity contribution is -0.116. The number of hydrogen-bond donors (Lipinski definition) is 2. The van der Waals surface area contributed by atoms with Gasteiger partial charge in [-0.25, -0.2) is 4.98 Å². The number of fused-ring (bicyclic) bond motifs is 1. The zero-order valence-electron chi connectivity index (χ0n) is 18.3. The summed E-state index contributed by atoms with van der Waals surface area (Å²) in [6.07, 6.45) is 1.34. The summed E-state index contributed by atoms with van der Waals surface area (Å²) in [4.78, 5) is 29.8. The number of aryl methyl sites for hydroxylation is 2. The van der Waals surface area contributed by atoms with E-state index in [1.807, 2.05) is 60.0 Å². The van der Waals surface area contributed by atoms with Crippen molar-refractivity contribution in [3.63, 3.8) is 0 Å². The molecule has 1 heterocycles. The smallest absolute Gasteiger partial charge is 0.251 e. The number of halogens is 1. The fourth-order valence-electron chi connectivity index (χ4n) is 3.63. The highest BCUT2D eigenvalue weighted by Gasteiger charge is 2.14. The second-order valence-corrected chi connectivity index (χ2v) is 8.32. The zero-order chi connectivity index (χ0) is 23.2. The highest BCUT2D eigenvalue weighted by Crippen LogP contribution is 2.18. The van der Waals surface area contributed by atoms with Crippen LogP contribution in [0.4, 0.5) is 5.69 Å². The van der Waals surface area contributed by atoms with Crippen molar-refractivity contribution < 1.29 is 9.59 Å². The van der Waals surface area contributed by atoms with Gasteiger partial charge in [0.1, 0.15) is 12.4 Å². The molecule has 3 aromatic carbocycles. The number of imidazole rings is 1. The van der Waals surface area contributed by atoms with Crippen molar-refractivity contribution in [3.8, 4) is 0 Å². The van der Waals surface area contributed by atoms with Crippen molar-refractivity contribution in [2.24, 2.45) is 0 Å². The fourth-order valence-corrected chi connectivity index (χ4v) is 3.75. The van der Waals surface area contributed by atoms with Gasteiger partial charge in [0.25, 0.3) is 5.91 Å². The van der Waals surface area contributed by atoms with Crippen LogP contribution >= 0.6 is 11.6 Å². The normalized spacial score (nSPS) is 10.8. The number of hydrogen-bond acceptors (Lipinski definition) is 3. The summed E-state index contributed by atoms with van der Waals surface area (Å²) >= 11 is 5.92. The van der Waals surface area contributed by atoms with E-state index in [1.54, 1.807) is 24.3 Å². The van der Waals surface area contributed by atoms with Gasteiger partial charge in [0.05, 0.1) is 11.0 Å². The lowest BCUT2D eigenvalue weighted by Crippen LogP contribution is -2.25. The number of anilines is 1. The summed E-state index contributed by atoms with van der Waals surface area (Å²) < 4.78 is 1.93. The summed E-state index contributed by atoms with van der Waals surface area (Å²) in [5, 5.41) is 6.47. The van der Waals surface area contributed by atoms with Crippen LogP contribution in [0.5, 0.6) is 0 Å². The minimum Gasteiger partial charge on any atom is -0.352 e. The van der Waals surface area contributed by atoms with Crippen LogP contribution in [-0.2, 0) is 17.8 Å². The Kier molecular flexibility index (Phi) is 7.05. The number of aromatic nitrogens is 2. The molecule has 0 aliphatic carbocycles. The van der Waals surface area contributed by atoms with E-state index in [9.17, 15) is 9.59 Å². The number of carbonyl (C=O) groups excluding carboxylic acids is 2. The van der Waals surface area contributed by atoms with Gasteiger partial charge < -0.3 is 15.2 Å². The predicted octanol–water partition coefficient (Wildman–Crippen LogP) is 5.00. The number of amides is 2. The van der Waals surface area contributed by atoms with E-state index in [2.05, 4.69) is 10.6 Å². The van der Waals surface area contributed by atoms with Crippen molar-refractivity contribution in [1.82, 2.24) is 14.9 Å². The van der Waals surface area contributed by atoms with Crippen LogP contribution in [-0.4, -0.2) is 27.9 Å². The highest BCUT2D eigenvalue weighted by molar-refractivity contribution is 6.30. The standard InChI is InChI=1S/C26H25ClN4O2/c1-18-8-10-19(11-9-18)26(33)28-16-4-7-24-30-22-5-2-3-6-23(22)31(24)17-25(32)29-21-14-12-20(27)13-15-21/h2-3,5-6,8-15H,4,7,16-17H2,1H3,(H,28,33)(H,29,32). The molecule has 168 valence electrons. The Hall–Kier alpha value is -3.64. The van der Waals surface area contributed by atoms with Gasteiger partial charge in [-0.15, -0.1) is 0 Å². The van der Waals surface area contributed by atoms with E-state index in [0.29, 0.717) is 35.7 Å². The summed E-state index contributed by atoms with van der Waals surface area (Å²) in [5.74, 6) is 0.576. The first-order valence-electron chi connectivity index (χ1n) is 10.8. The quantitative estimate of drug-likeness (QED) is 0.363. The molecule has 7 heteroatoms. The molecular weight excluding hydrogens is 436 g/mol. The van der Waals surface area contributed by atoms with Gasteiger partial charge >= 0.3 is 0 Å². The lowest BCUT2D eigenvalue weighted by atomic mass is 10.1. The lowest BCUT2D eigenvalue weighted by Gasteiger charge is -2.11. The summed E-state index contributed by atoms with van der Waals surface area (Å²) in [7, 11) is 0. The molecule has 0 fully saturated rings. The number of benzene rings is 3. The van der Waals surface area contributed by atoms with Gasteiger partial charge in [0.2, 0.25) is 5.91 Å². The average molecular weight is 461 g/mol. The van der Waals surface area contributed by atoms with Gasteiger partial charge in [-0.2, -0.15) is 0 Å². The van der Waals surface area contributed by atoms with E-state index in [1.165, 1.54) is 0 Å². The van der Waals surface area contributed by atoms with Crippen LogP contribution in [0, 0.1) is 6.92 Å².